The van der Waals surface area contributed by atoms with E-state index in [1.807, 2.05) is 0 Å². The van der Waals surface area contributed by atoms with Crippen molar-refractivity contribution in [2.24, 2.45) is 11.7 Å². The zero-order chi connectivity index (χ0) is 15.4. The molecule has 21 heavy (non-hydrogen) atoms. The first-order chi connectivity index (χ1) is 10.0. The van der Waals surface area contributed by atoms with Gasteiger partial charge in [0.15, 0.2) is 0 Å². The van der Waals surface area contributed by atoms with Gasteiger partial charge in [-0.05, 0) is 37.3 Å². The summed E-state index contributed by atoms with van der Waals surface area (Å²) in [4.78, 5) is 22.9. The summed E-state index contributed by atoms with van der Waals surface area (Å²) in [5.74, 6) is -0.0319. The van der Waals surface area contributed by atoms with Crippen LogP contribution in [-0.4, -0.2) is 23.4 Å². The molecule has 0 aromatic heterocycles. The van der Waals surface area contributed by atoms with E-state index < -0.39 is 10.8 Å². The number of benzene rings is 1. The highest BCUT2D eigenvalue weighted by Gasteiger charge is 2.28. The van der Waals surface area contributed by atoms with Crippen LogP contribution in [0.3, 0.4) is 0 Å². The molecule has 0 spiro atoms. The van der Waals surface area contributed by atoms with Gasteiger partial charge in [0, 0.05) is 18.7 Å². The smallest absolute Gasteiger partial charge is 0.282 e. The topological polar surface area (TPSA) is 98.3 Å². The zero-order valence-corrected chi connectivity index (χ0v) is 12.2. The summed E-state index contributed by atoms with van der Waals surface area (Å²) in [6, 6.07) is 4.44. The molecule has 0 saturated heterocycles. The second-order valence-corrected chi connectivity index (χ2v) is 5.64. The van der Waals surface area contributed by atoms with Gasteiger partial charge in [0.25, 0.3) is 11.6 Å². The largest absolute Gasteiger partial charge is 0.348 e. The minimum atomic E-state index is -0.526. The lowest BCUT2D eigenvalue weighted by Crippen LogP contribution is -2.44. The number of nitrogens with two attached hydrogens (primary N) is 1. The van der Waals surface area contributed by atoms with Crippen LogP contribution < -0.4 is 11.1 Å². The van der Waals surface area contributed by atoms with Crippen LogP contribution in [0.5, 0.6) is 0 Å². The standard InChI is InChI=1S/C15H21N3O3/c1-10-6-7-14(18(20)21)12(8-10)15(19)17-13(9-16)11-4-2-3-5-11/h6-8,11,13H,2-5,9,16H2,1H3,(H,17,19). The number of nitro benzene ring substituents is 1. The van der Waals surface area contributed by atoms with Gasteiger partial charge in [-0.25, -0.2) is 0 Å². The fourth-order valence-corrected chi connectivity index (χ4v) is 2.97. The molecule has 6 nitrogen and oxygen atoms in total. The number of carbonyl (C=O) groups excluding carboxylic acids is 1. The number of hydrogen-bond donors (Lipinski definition) is 2. The minimum Gasteiger partial charge on any atom is -0.348 e. The fraction of sp³-hybridized carbons (Fsp3) is 0.533. The molecule has 1 aromatic carbocycles. The number of nitro groups is 1. The first-order valence-electron chi connectivity index (χ1n) is 7.29. The van der Waals surface area contributed by atoms with Crippen molar-refractivity contribution in [3.63, 3.8) is 0 Å². The summed E-state index contributed by atoms with van der Waals surface area (Å²) in [5.41, 5.74) is 6.52. The number of rotatable bonds is 5. The second kappa shape index (κ2) is 6.67. The van der Waals surface area contributed by atoms with Gasteiger partial charge in [0.05, 0.1) is 4.92 Å². The van der Waals surface area contributed by atoms with Gasteiger partial charge < -0.3 is 11.1 Å². The quantitative estimate of drug-likeness (QED) is 0.641. The van der Waals surface area contributed by atoms with E-state index in [2.05, 4.69) is 5.32 Å². The lowest BCUT2D eigenvalue weighted by atomic mass is 9.97. The molecule has 1 saturated carbocycles. The van der Waals surface area contributed by atoms with Gasteiger partial charge in [0.1, 0.15) is 5.56 Å². The maximum atomic E-state index is 12.4. The molecule has 1 fully saturated rings. The van der Waals surface area contributed by atoms with Gasteiger partial charge in [-0.15, -0.1) is 0 Å². The molecule has 1 amide bonds. The maximum absolute atomic E-state index is 12.4. The Hall–Kier alpha value is -1.95. The molecule has 1 atom stereocenters. The molecule has 1 aliphatic rings. The molecule has 3 N–H and O–H groups in total. The van der Waals surface area contributed by atoms with Crippen LogP contribution in [0.1, 0.15) is 41.6 Å². The number of nitrogens with zero attached hydrogens (tertiary/aromatic N) is 1. The number of amides is 1. The fourth-order valence-electron chi connectivity index (χ4n) is 2.97. The van der Waals surface area contributed by atoms with Crippen molar-refractivity contribution in [3.05, 3.63) is 39.4 Å². The van der Waals surface area contributed by atoms with Crippen LogP contribution in [0.4, 0.5) is 5.69 Å². The first kappa shape index (κ1) is 15.4. The van der Waals surface area contributed by atoms with Crippen LogP contribution in [-0.2, 0) is 0 Å². The highest BCUT2D eigenvalue weighted by molar-refractivity contribution is 5.98. The number of aryl methyl sites for hydroxylation is 1. The predicted octanol–water partition coefficient (Wildman–Crippen LogP) is 2.15. The Labute approximate surface area is 123 Å². The van der Waals surface area contributed by atoms with Crippen LogP contribution in [0, 0.1) is 23.0 Å². The average molecular weight is 291 g/mol. The summed E-state index contributed by atoms with van der Waals surface area (Å²) < 4.78 is 0. The Morgan fingerprint density at radius 3 is 2.71 bits per heavy atom. The van der Waals surface area contributed by atoms with Crippen molar-refractivity contribution >= 4 is 11.6 Å². The first-order valence-corrected chi connectivity index (χ1v) is 7.29. The van der Waals surface area contributed by atoms with Crippen LogP contribution in [0.2, 0.25) is 0 Å². The van der Waals surface area contributed by atoms with Crippen molar-refractivity contribution in [2.75, 3.05) is 6.54 Å². The maximum Gasteiger partial charge on any atom is 0.282 e. The van der Waals surface area contributed by atoms with E-state index in [1.165, 1.54) is 6.07 Å². The number of carbonyl (C=O) groups is 1. The molecule has 114 valence electrons. The Morgan fingerprint density at radius 1 is 1.48 bits per heavy atom. The molecule has 1 unspecified atom stereocenters. The van der Waals surface area contributed by atoms with E-state index in [0.717, 1.165) is 31.2 Å². The van der Waals surface area contributed by atoms with E-state index in [4.69, 9.17) is 5.73 Å². The SMILES string of the molecule is Cc1ccc([N+](=O)[O-])c(C(=O)NC(CN)C2CCCC2)c1. The molecule has 0 heterocycles. The van der Waals surface area contributed by atoms with Crippen molar-refractivity contribution in [1.29, 1.82) is 0 Å². The monoisotopic (exact) mass is 291 g/mol. The Morgan fingerprint density at radius 2 is 2.14 bits per heavy atom. The molecule has 0 aliphatic heterocycles. The van der Waals surface area contributed by atoms with Crippen LogP contribution in [0.25, 0.3) is 0 Å². The summed E-state index contributed by atoms with van der Waals surface area (Å²) in [6.07, 6.45) is 4.42. The zero-order valence-electron chi connectivity index (χ0n) is 12.2. The lowest BCUT2D eigenvalue weighted by molar-refractivity contribution is -0.385. The molecule has 2 rings (SSSR count). The van der Waals surface area contributed by atoms with Gasteiger partial charge in [0.2, 0.25) is 0 Å². The lowest BCUT2D eigenvalue weighted by Gasteiger charge is -2.23. The second-order valence-electron chi connectivity index (χ2n) is 5.64. The molecule has 1 aliphatic carbocycles. The number of hydrogen-bond acceptors (Lipinski definition) is 4. The molecule has 0 radical (unpaired) electrons. The van der Waals surface area contributed by atoms with E-state index in [9.17, 15) is 14.9 Å². The van der Waals surface area contributed by atoms with Gasteiger partial charge in [-0.1, -0.05) is 18.9 Å². The molecule has 6 heteroatoms. The molecule has 0 bridgehead atoms. The highest BCUT2D eigenvalue weighted by Crippen LogP contribution is 2.28. The average Bonchev–Trinajstić information content (AvgIpc) is 2.98. The third-order valence-electron chi connectivity index (χ3n) is 4.13. The third kappa shape index (κ3) is 3.58. The van der Waals surface area contributed by atoms with Crippen molar-refractivity contribution < 1.29 is 9.72 Å². The third-order valence-corrected chi connectivity index (χ3v) is 4.13. The van der Waals surface area contributed by atoms with Gasteiger partial charge in [-0.2, -0.15) is 0 Å². The summed E-state index contributed by atoms with van der Waals surface area (Å²) in [5, 5.41) is 13.9. The van der Waals surface area contributed by atoms with E-state index >= 15 is 0 Å². The van der Waals surface area contributed by atoms with Crippen molar-refractivity contribution in [2.45, 2.75) is 38.6 Å². The number of nitrogens with one attached hydrogen (secondary N) is 1. The predicted molar refractivity (Wildman–Crippen MR) is 80.1 cm³/mol. The highest BCUT2D eigenvalue weighted by atomic mass is 16.6. The van der Waals surface area contributed by atoms with E-state index in [-0.39, 0.29) is 17.3 Å². The Kier molecular flexibility index (Phi) is 4.90. The summed E-state index contributed by atoms with van der Waals surface area (Å²) in [6.45, 7) is 2.16. The van der Waals surface area contributed by atoms with E-state index in [1.54, 1.807) is 19.1 Å². The van der Waals surface area contributed by atoms with E-state index in [0.29, 0.717) is 12.5 Å². The molecular formula is C15H21N3O3. The summed E-state index contributed by atoms with van der Waals surface area (Å²) in [7, 11) is 0. The van der Waals surface area contributed by atoms with Gasteiger partial charge in [-0.3, -0.25) is 14.9 Å². The van der Waals surface area contributed by atoms with Gasteiger partial charge >= 0.3 is 0 Å². The summed E-state index contributed by atoms with van der Waals surface area (Å²) >= 11 is 0. The molecule has 1 aromatic rings. The normalized spacial score (nSPS) is 16.7. The van der Waals surface area contributed by atoms with Crippen molar-refractivity contribution in [1.82, 2.24) is 5.32 Å². The van der Waals surface area contributed by atoms with Crippen LogP contribution >= 0.6 is 0 Å². The van der Waals surface area contributed by atoms with Crippen molar-refractivity contribution in [3.8, 4) is 0 Å². The Balaban J connectivity index is 2.19. The Bertz CT molecular complexity index is 539. The molecular weight excluding hydrogens is 270 g/mol. The van der Waals surface area contributed by atoms with Crippen LogP contribution in [0.15, 0.2) is 18.2 Å². The minimum absolute atomic E-state index is 0.108.